The van der Waals surface area contributed by atoms with E-state index in [1.807, 2.05) is 0 Å². The first-order valence-corrected chi connectivity index (χ1v) is 13.2. The molecule has 0 atom stereocenters. The molecule has 1 N–H and O–H groups in total. The van der Waals surface area contributed by atoms with Crippen LogP contribution >= 0.6 is 0 Å². The van der Waals surface area contributed by atoms with Gasteiger partial charge in [0, 0.05) is 27.6 Å². The van der Waals surface area contributed by atoms with Gasteiger partial charge in [0.25, 0.3) is 0 Å². The fourth-order valence-electron chi connectivity index (χ4n) is 5.76. The molecule has 0 aliphatic rings. The summed E-state index contributed by atoms with van der Waals surface area (Å²) in [7, 11) is 0. The van der Waals surface area contributed by atoms with Gasteiger partial charge in [0.15, 0.2) is 5.58 Å². The smallest absolute Gasteiger partial charge is 0.159 e. The van der Waals surface area contributed by atoms with Crippen LogP contribution in [0.25, 0.3) is 54.6 Å². The minimum Gasteiger partial charge on any atom is -0.454 e. The van der Waals surface area contributed by atoms with Gasteiger partial charge in [-0.2, -0.15) is 0 Å². The number of nitrogens with one attached hydrogen (secondary N) is 1. The van der Waals surface area contributed by atoms with Gasteiger partial charge in [0.1, 0.15) is 5.58 Å². The van der Waals surface area contributed by atoms with Gasteiger partial charge < -0.3 is 9.73 Å². The van der Waals surface area contributed by atoms with Gasteiger partial charge in [-0.05, 0) is 44.7 Å². The summed E-state index contributed by atoms with van der Waals surface area (Å²) in [4.78, 5) is 0. The number of furan rings is 1. The summed E-state index contributed by atoms with van der Waals surface area (Å²) in [5, 5.41) is 11.0. The van der Waals surface area contributed by atoms with Crippen LogP contribution in [0.2, 0.25) is 0 Å². The Hall–Kier alpha value is -4.56. The SMILES string of the molecule is CC(C)(C)c1cccc2c1oc1c(Nc3ccccc3-c3cccc4ccccc34)cc3ccccc3c12. The summed E-state index contributed by atoms with van der Waals surface area (Å²) in [6, 6.07) is 41.0. The highest BCUT2D eigenvalue weighted by atomic mass is 16.3. The number of anilines is 2. The molecule has 0 radical (unpaired) electrons. The van der Waals surface area contributed by atoms with Crippen LogP contribution < -0.4 is 5.32 Å². The van der Waals surface area contributed by atoms with Crippen LogP contribution in [0.3, 0.4) is 0 Å². The fourth-order valence-corrected chi connectivity index (χ4v) is 5.76. The average Bonchev–Trinajstić information content (AvgIpc) is 3.33. The molecule has 0 bridgehead atoms. The minimum absolute atomic E-state index is 0.0300. The molecule has 0 amide bonds. The van der Waals surface area contributed by atoms with Crippen molar-refractivity contribution in [2.24, 2.45) is 0 Å². The van der Waals surface area contributed by atoms with E-state index < -0.39 is 0 Å². The zero-order chi connectivity index (χ0) is 25.9. The molecule has 7 aromatic rings. The van der Waals surface area contributed by atoms with Crippen molar-refractivity contribution in [1.82, 2.24) is 0 Å². The van der Waals surface area contributed by atoms with E-state index in [0.29, 0.717) is 0 Å². The number of benzene rings is 6. The lowest BCUT2D eigenvalue weighted by molar-refractivity contribution is 0.573. The van der Waals surface area contributed by atoms with Crippen molar-refractivity contribution in [1.29, 1.82) is 0 Å². The molecule has 0 saturated carbocycles. The van der Waals surface area contributed by atoms with Crippen molar-refractivity contribution in [2.75, 3.05) is 5.32 Å². The second-order valence-corrected chi connectivity index (χ2v) is 11.1. The summed E-state index contributed by atoms with van der Waals surface area (Å²) in [6.45, 7) is 6.73. The fraction of sp³-hybridized carbons (Fsp3) is 0.111. The molecule has 6 aromatic carbocycles. The third kappa shape index (κ3) is 3.56. The lowest BCUT2D eigenvalue weighted by atomic mass is 9.86. The van der Waals surface area contributed by atoms with Crippen molar-refractivity contribution >= 4 is 54.9 Å². The lowest BCUT2D eigenvalue weighted by Crippen LogP contribution is -2.10. The van der Waals surface area contributed by atoms with Crippen LogP contribution in [0, 0.1) is 0 Å². The molecule has 1 heterocycles. The number of fused-ring (bicyclic) bond motifs is 6. The Bertz CT molecular complexity index is 1980. The maximum Gasteiger partial charge on any atom is 0.159 e. The molecule has 0 saturated heterocycles. The van der Waals surface area contributed by atoms with E-state index in [0.717, 1.165) is 38.9 Å². The summed E-state index contributed by atoms with van der Waals surface area (Å²) in [6.07, 6.45) is 0. The molecule has 38 heavy (non-hydrogen) atoms. The number of para-hydroxylation sites is 2. The van der Waals surface area contributed by atoms with Gasteiger partial charge in [-0.1, -0.05) is 124 Å². The molecule has 7 rings (SSSR count). The Morgan fingerprint density at radius 3 is 2.00 bits per heavy atom. The minimum atomic E-state index is -0.0300. The normalized spacial score (nSPS) is 12.1. The van der Waals surface area contributed by atoms with Crippen molar-refractivity contribution in [3.05, 3.63) is 121 Å². The Kier molecular flexibility index (Phi) is 5.06. The number of hydrogen-bond donors (Lipinski definition) is 1. The Labute approximate surface area is 222 Å². The maximum atomic E-state index is 6.77. The van der Waals surface area contributed by atoms with E-state index >= 15 is 0 Å². The zero-order valence-electron chi connectivity index (χ0n) is 21.9. The van der Waals surface area contributed by atoms with E-state index in [9.17, 15) is 0 Å². The van der Waals surface area contributed by atoms with Gasteiger partial charge >= 0.3 is 0 Å². The highest BCUT2D eigenvalue weighted by Gasteiger charge is 2.23. The third-order valence-corrected chi connectivity index (χ3v) is 7.57. The molecule has 0 spiro atoms. The molecule has 0 aliphatic heterocycles. The van der Waals surface area contributed by atoms with Crippen LogP contribution in [0.1, 0.15) is 26.3 Å². The first-order chi connectivity index (χ1) is 18.5. The molecule has 0 unspecified atom stereocenters. The van der Waals surface area contributed by atoms with Crippen LogP contribution in [0.5, 0.6) is 0 Å². The predicted octanol–water partition coefficient (Wildman–Crippen LogP) is 10.6. The van der Waals surface area contributed by atoms with Gasteiger partial charge in [-0.15, -0.1) is 0 Å². The summed E-state index contributed by atoms with van der Waals surface area (Å²) in [5.74, 6) is 0. The molecule has 2 heteroatoms. The largest absolute Gasteiger partial charge is 0.454 e. The van der Waals surface area contributed by atoms with Crippen molar-refractivity contribution in [3.8, 4) is 11.1 Å². The molecule has 0 aliphatic carbocycles. The van der Waals surface area contributed by atoms with Gasteiger partial charge in [0.05, 0.1) is 5.69 Å². The van der Waals surface area contributed by atoms with Gasteiger partial charge in [-0.3, -0.25) is 0 Å². The van der Waals surface area contributed by atoms with Crippen LogP contribution in [0.15, 0.2) is 120 Å². The van der Waals surface area contributed by atoms with Crippen LogP contribution in [-0.2, 0) is 5.41 Å². The van der Waals surface area contributed by atoms with Crippen molar-refractivity contribution in [2.45, 2.75) is 26.2 Å². The molecule has 0 fully saturated rings. The number of hydrogen-bond acceptors (Lipinski definition) is 2. The zero-order valence-corrected chi connectivity index (χ0v) is 21.9. The van der Waals surface area contributed by atoms with E-state index in [1.165, 1.54) is 32.7 Å². The number of rotatable bonds is 3. The second-order valence-electron chi connectivity index (χ2n) is 11.1. The highest BCUT2D eigenvalue weighted by Crippen LogP contribution is 2.44. The summed E-state index contributed by atoms with van der Waals surface area (Å²) >= 11 is 0. The molecule has 2 nitrogen and oxygen atoms in total. The molecule has 1 aromatic heterocycles. The standard InChI is InChI=1S/C36H29NO/c1-36(2,3)30-20-11-19-29-33-26-16-7-5-13-24(26)22-32(35(33)38-34(29)30)37-31-21-9-8-17-28(31)27-18-10-14-23-12-4-6-15-25(23)27/h4-22,37H,1-3H3. The topological polar surface area (TPSA) is 25.2 Å². The summed E-state index contributed by atoms with van der Waals surface area (Å²) in [5.41, 5.74) is 7.45. The van der Waals surface area contributed by atoms with Crippen molar-refractivity contribution in [3.63, 3.8) is 0 Å². The average molecular weight is 492 g/mol. The second kappa shape index (κ2) is 8.49. The lowest BCUT2D eigenvalue weighted by Gasteiger charge is -2.18. The van der Waals surface area contributed by atoms with E-state index in [4.69, 9.17) is 4.42 Å². The van der Waals surface area contributed by atoms with E-state index in [1.54, 1.807) is 0 Å². The summed E-state index contributed by atoms with van der Waals surface area (Å²) < 4.78 is 6.77. The van der Waals surface area contributed by atoms with Crippen LogP contribution in [0.4, 0.5) is 11.4 Å². The van der Waals surface area contributed by atoms with Crippen LogP contribution in [-0.4, -0.2) is 0 Å². The highest BCUT2D eigenvalue weighted by molar-refractivity contribution is 6.23. The van der Waals surface area contributed by atoms with E-state index in [-0.39, 0.29) is 5.41 Å². The first-order valence-electron chi connectivity index (χ1n) is 13.2. The molecule has 184 valence electrons. The van der Waals surface area contributed by atoms with E-state index in [2.05, 4.69) is 141 Å². The quantitative estimate of drug-likeness (QED) is 0.266. The van der Waals surface area contributed by atoms with Crippen molar-refractivity contribution < 1.29 is 4.42 Å². The Balaban J connectivity index is 1.49. The Morgan fingerprint density at radius 2 is 1.16 bits per heavy atom. The molecular formula is C36H29NO. The third-order valence-electron chi connectivity index (χ3n) is 7.57. The Morgan fingerprint density at radius 1 is 0.526 bits per heavy atom. The van der Waals surface area contributed by atoms with Gasteiger partial charge in [0.2, 0.25) is 0 Å². The maximum absolute atomic E-state index is 6.77. The first kappa shape index (κ1) is 22.6. The predicted molar refractivity (Wildman–Crippen MR) is 163 cm³/mol. The molecular weight excluding hydrogens is 462 g/mol. The van der Waals surface area contributed by atoms with Gasteiger partial charge in [-0.25, -0.2) is 0 Å². The monoisotopic (exact) mass is 491 g/mol.